The Balaban J connectivity index is 0.000000314. The van der Waals surface area contributed by atoms with Crippen LogP contribution < -0.4 is 11.2 Å². The number of hydrogen-bond donors (Lipinski definition) is 3. The zero-order valence-corrected chi connectivity index (χ0v) is 14.7. The van der Waals surface area contributed by atoms with E-state index in [-0.39, 0.29) is 11.2 Å². The zero-order chi connectivity index (χ0) is 23.6. The third-order valence-corrected chi connectivity index (χ3v) is 3.53. The van der Waals surface area contributed by atoms with Gasteiger partial charge in [-0.05, 0) is 6.92 Å². The van der Waals surface area contributed by atoms with Crippen LogP contribution >= 0.6 is 0 Å². The number of carbonyl (C=O) groups is 3. The van der Waals surface area contributed by atoms with E-state index in [0.717, 1.165) is 27.0 Å². The van der Waals surface area contributed by atoms with E-state index in [1.54, 1.807) is 0 Å². The maximum absolute atomic E-state index is 11.9. The molecule has 0 saturated carbocycles. The number of hydrogen-bond acceptors (Lipinski definition) is 7. The summed E-state index contributed by atoms with van der Waals surface area (Å²) in [5.41, 5.74) is -3.74. The third kappa shape index (κ3) is 4.67. The van der Waals surface area contributed by atoms with Gasteiger partial charge in [-0.25, -0.2) is 14.6 Å². The van der Waals surface area contributed by atoms with Crippen molar-refractivity contribution in [1.82, 2.24) is 18.7 Å². The maximum atomic E-state index is 11.9. The van der Waals surface area contributed by atoms with Crippen molar-refractivity contribution in [3.05, 3.63) is 27.2 Å². The lowest BCUT2D eigenvalue weighted by atomic mass is 9.94. The summed E-state index contributed by atoms with van der Waals surface area (Å²) in [4.78, 5) is 58.4. The second-order valence-corrected chi connectivity index (χ2v) is 5.78. The molecule has 27 heavy (non-hydrogen) atoms. The number of fused-ring (bicyclic) bond motifs is 1. The minimum Gasteiger partial charge on any atom is -0.481 e. The number of aryl methyl sites for hydroxylation is 2. The fourth-order valence-corrected chi connectivity index (χ4v) is 2.22. The highest BCUT2D eigenvalue weighted by atomic mass is 16.4. The molecule has 0 saturated heterocycles. The van der Waals surface area contributed by atoms with Gasteiger partial charge in [0.05, 0.1) is 12.7 Å². The van der Waals surface area contributed by atoms with Crippen molar-refractivity contribution < 1.29 is 33.8 Å². The number of aliphatic carboxylic acids is 2. The first-order chi connectivity index (χ1) is 13.5. The maximum Gasteiger partial charge on any atom is 0.336 e. The molecular weight excluding hydrogens is 364 g/mol. The molecule has 0 radical (unpaired) electrons. The van der Waals surface area contributed by atoms with Crippen LogP contribution in [0.15, 0.2) is 15.9 Å². The molecule has 0 aliphatic heterocycles. The summed E-state index contributed by atoms with van der Waals surface area (Å²) in [5.74, 6) is -3.75. The van der Waals surface area contributed by atoms with E-state index < -0.39 is 54.4 Å². The largest absolute Gasteiger partial charge is 0.481 e. The van der Waals surface area contributed by atoms with Crippen molar-refractivity contribution in [3.8, 4) is 0 Å². The molecule has 0 fully saturated rings. The summed E-state index contributed by atoms with van der Waals surface area (Å²) < 4.78 is 24.6. The van der Waals surface area contributed by atoms with Crippen LogP contribution in [-0.4, -0.2) is 57.3 Å². The van der Waals surface area contributed by atoms with Crippen molar-refractivity contribution in [2.24, 2.45) is 21.1 Å². The van der Waals surface area contributed by atoms with E-state index in [1.807, 2.05) is 0 Å². The van der Waals surface area contributed by atoms with Gasteiger partial charge in [-0.3, -0.25) is 23.5 Å². The predicted molar refractivity (Wildman–Crippen MR) is 91.3 cm³/mol. The van der Waals surface area contributed by atoms with Crippen LogP contribution in [0.5, 0.6) is 0 Å². The van der Waals surface area contributed by atoms with E-state index in [0.29, 0.717) is 0 Å². The van der Waals surface area contributed by atoms with Crippen molar-refractivity contribution in [1.29, 1.82) is 0 Å². The Bertz CT molecular complexity index is 1100. The number of carboxylic acids is 2. The Labute approximate surface area is 156 Å². The molecule has 2 aromatic heterocycles. The normalized spacial score (nSPS) is 14.9. The molecule has 2 heterocycles. The van der Waals surface area contributed by atoms with Crippen LogP contribution in [-0.2, 0) is 35.5 Å². The second-order valence-electron chi connectivity index (χ2n) is 5.78. The fraction of sp³-hybridized carbons (Fsp3) is 0.467. The van der Waals surface area contributed by atoms with Crippen LogP contribution in [0, 0.1) is 0 Å². The van der Waals surface area contributed by atoms with Crippen molar-refractivity contribution >= 4 is 28.9 Å². The third-order valence-electron chi connectivity index (χ3n) is 3.53. The summed E-state index contributed by atoms with van der Waals surface area (Å²) in [7, 11) is 2.72. The molecule has 12 heteroatoms. The summed E-state index contributed by atoms with van der Waals surface area (Å²) in [6, 6.07) is 0. The predicted octanol–water partition coefficient (Wildman–Crippen LogP) is -1.77. The number of carbonyl (C=O) groups excluding carboxylic acids is 1. The molecule has 1 unspecified atom stereocenters. The molecular formula is C15H20N4O8. The SMILES string of the molecule is CC(=O)CC(O)(CC(=O)O)C(=O)O.[2H]C([2H])([2H])n1cnc2c1c(=O)n(C)c(=O)n2C. The lowest BCUT2D eigenvalue weighted by molar-refractivity contribution is -0.167. The zero-order valence-electron chi connectivity index (χ0n) is 17.7. The van der Waals surface area contributed by atoms with Crippen molar-refractivity contribution in [3.63, 3.8) is 0 Å². The molecule has 12 nitrogen and oxygen atoms in total. The first-order valence-corrected chi connectivity index (χ1v) is 7.33. The standard InChI is InChI=1S/C8H10N4O2.C7H10O6/c1-10-4-9-6-5(10)7(13)12(3)8(14)11(6)2;1-4(8)2-7(13,6(11)12)3-5(9)10/h4H,1-3H3;13H,2-3H2,1H3,(H,9,10)(H,11,12)/i1D3;. The molecule has 0 aromatic carbocycles. The smallest absolute Gasteiger partial charge is 0.336 e. The number of rotatable bonds is 5. The summed E-state index contributed by atoms with van der Waals surface area (Å²) in [6.07, 6.45) is -0.644. The van der Waals surface area contributed by atoms with Gasteiger partial charge < -0.3 is 19.9 Å². The molecule has 0 aliphatic rings. The second kappa shape index (κ2) is 7.95. The average molecular weight is 387 g/mol. The van der Waals surface area contributed by atoms with Gasteiger partial charge in [-0.15, -0.1) is 0 Å². The van der Waals surface area contributed by atoms with Gasteiger partial charge >= 0.3 is 17.6 Å². The number of aromatic nitrogens is 4. The van der Waals surface area contributed by atoms with E-state index >= 15 is 0 Å². The number of aliphatic hydroxyl groups is 1. The number of Topliss-reactive ketones (excluding diaryl/α,β-unsaturated/α-hetero) is 1. The molecule has 0 amide bonds. The first-order valence-electron chi connectivity index (χ1n) is 8.83. The van der Waals surface area contributed by atoms with Gasteiger partial charge in [0.15, 0.2) is 16.8 Å². The molecule has 148 valence electrons. The molecule has 0 aliphatic carbocycles. The van der Waals surface area contributed by atoms with Gasteiger partial charge in [0, 0.05) is 31.6 Å². The minimum absolute atomic E-state index is 0.0641. The Hall–Kier alpha value is -3.28. The number of nitrogens with zero attached hydrogens (tertiary/aromatic N) is 4. The highest BCUT2D eigenvalue weighted by molar-refractivity contribution is 5.90. The first kappa shape index (κ1) is 17.1. The lowest BCUT2D eigenvalue weighted by Gasteiger charge is -2.19. The number of ketones is 1. The van der Waals surface area contributed by atoms with E-state index in [2.05, 4.69) is 4.98 Å². The van der Waals surface area contributed by atoms with Gasteiger partial charge in [-0.1, -0.05) is 0 Å². The Morgan fingerprint density at radius 2 is 1.78 bits per heavy atom. The lowest BCUT2D eigenvalue weighted by Crippen LogP contribution is -2.42. The van der Waals surface area contributed by atoms with Crippen LogP contribution in [0.3, 0.4) is 0 Å². The Morgan fingerprint density at radius 3 is 2.22 bits per heavy atom. The molecule has 0 bridgehead atoms. The quantitative estimate of drug-likeness (QED) is 0.536. The van der Waals surface area contributed by atoms with Crippen LogP contribution in [0.25, 0.3) is 11.2 Å². The average Bonchev–Trinajstić information content (AvgIpc) is 3.02. The van der Waals surface area contributed by atoms with Gasteiger partial charge in [0.1, 0.15) is 5.78 Å². The highest BCUT2D eigenvalue weighted by Crippen LogP contribution is 2.16. The van der Waals surface area contributed by atoms with Crippen LogP contribution in [0.1, 0.15) is 23.9 Å². The number of imidazole rings is 1. The topological polar surface area (TPSA) is 174 Å². The van der Waals surface area contributed by atoms with E-state index in [4.69, 9.17) is 14.3 Å². The van der Waals surface area contributed by atoms with Crippen molar-refractivity contribution in [2.45, 2.75) is 25.4 Å². The monoisotopic (exact) mass is 387 g/mol. The molecule has 3 N–H and O–H groups in total. The van der Waals surface area contributed by atoms with E-state index in [9.17, 15) is 29.1 Å². The molecule has 1 atom stereocenters. The molecule has 2 rings (SSSR count). The van der Waals surface area contributed by atoms with Gasteiger partial charge in [0.2, 0.25) is 0 Å². The van der Waals surface area contributed by atoms with E-state index in [1.165, 1.54) is 14.1 Å². The Morgan fingerprint density at radius 1 is 1.19 bits per heavy atom. The van der Waals surface area contributed by atoms with Crippen LogP contribution in [0.2, 0.25) is 0 Å². The summed E-state index contributed by atoms with van der Waals surface area (Å²) >= 11 is 0. The van der Waals surface area contributed by atoms with Crippen molar-refractivity contribution in [2.75, 3.05) is 0 Å². The number of carboxylic acid groups (broad SMARTS) is 2. The highest BCUT2D eigenvalue weighted by Gasteiger charge is 2.39. The minimum atomic E-state index is -2.50. The van der Waals surface area contributed by atoms with Gasteiger partial charge in [0.25, 0.3) is 5.56 Å². The summed E-state index contributed by atoms with van der Waals surface area (Å²) in [6.45, 7) is -1.42. The Kier molecular flexibility index (Phi) is 5.05. The van der Waals surface area contributed by atoms with Crippen LogP contribution in [0.4, 0.5) is 0 Å². The summed E-state index contributed by atoms with van der Waals surface area (Å²) in [5, 5.41) is 26.0. The van der Waals surface area contributed by atoms with Gasteiger partial charge in [-0.2, -0.15) is 0 Å². The molecule has 0 spiro atoms. The fourth-order valence-electron chi connectivity index (χ4n) is 2.22. The molecule has 2 aromatic rings.